The minimum atomic E-state index is 0.261. The summed E-state index contributed by atoms with van der Waals surface area (Å²) in [5, 5.41) is 3.44. The van der Waals surface area contributed by atoms with E-state index in [-0.39, 0.29) is 5.91 Å². The number of hydrogen-bond donors (Lipinski definition) is 1. The number of nitrogens with one attached hydrogen (secondary N) is 1. The fourth-order valence-electron chi connectivity index (χ4n) is 3.52. The smallest absolute Gasteiger partial charge is 0.222 e. The van der Waals surface area contributed by atoms with Crippen LogP contribution < -0.4 is 10.1 Å². The predicted octanol–water partition coefficient (Wildman–Crippen LogP) is 4.50. The van der Waals surface area contributed by atoms with Crippen molar-refractivity contribution < 1.29 is 9.53 Å². The first-order valence-corrected chi connectivity index (χ1v) is 9.62. The number of nitrogens with zero attached hydrogens (tertiary/aromatic N) is 2. The van der Waals surface area contributed by atoms with Crippen LogP contribution in [0.2, 0.25) is 0 Å². The van der Waals surface area contributed by atoms with Crippen molar-refractivity contribution >= 4 is 17.3 Å². The Balaban J connectivity index is 1.70. The monoisotopic (exact) mass is 367 g/mol. The molecule has 0 unspecified atom stereocenters. The Kier molecular flexibility index (Phi) is 5.99. The third-order valence-electron chi connectivity index (χ3n) is 4.89. The largest absolute Gasteiger partial charge is 0.497 e. The summed E-state index contributed by atoms with van der Waals surface area (Å²) >= 11 is 0. The number of rotatable bonds is 6. The molecule has 0 aliphatic carbocycles. The first kappa shape index (κ1) is 19.2. The van der Waals surface area contributed by atoms with E-state index in [0.29, 0.717) is 18.3 Å². The highest BCUT2D eigenvalue weighted by molar-refractivity contribution is 5.76. The van der Waals surface area contributed by atoms with Gasteiger partial charge in [-0.2, -0.15) is 0 Å². The van der Waals surface area contributed by atoms with E-state index in [0.717, 1.165) is 48.0 Å². The van der Waals surface area contributed by atoms with Crippen LogP contribution in [-0.4, -0.2) is 36.0 Å². The Labute approximate surface area is 161 Å². The number of carbonyl (C=O) groups is 1. The third-order valence-corrected chi connectivity index (χ3v) is 4.89. The maximum atomic E-state index is 12.3. The fraction of sp³-hybridized carbons (Fsp3) is 0.455. The molecule has 1 aliphatic heterocycles. The molecule has 2 heterocycles. The Bertz CT molecular complexity index is 787. The Hall–Kier alpha value is -2.56. The molecule has 0 bridgehead atoms. The lowest BCUT2D eigenvalue weighted by molar-refractivity contribution is -0.130. The second kappa shape index (κ2) is 8.42. The van der Waals surface area contributed by atoms with Crippen LogP contribution in [0.25, 0.3) is 0 Å². The summed E-state index contributed by atoms with van der Waals surface area (Å²) in [6.45, 7) is 7.78. The number of carbonyl (C=O) groups excluding carboxylic acids is 1. The second-order valence-electron chi connectivity index (χ2n) is 7.70. The fourth-order valence-corrected chi connectivity index (χ4v) is 3.52. The third kappa shape index (κ3) is 5.00. The minimum Gasteiger partial charge on any atom is -0.497 e. The van der Waals surface area contributed by atoms with Gasteiger partial charge in [0, 0.05) is 48.2 Å². The first-order chi connectivity index (χ1) is 12.9. The van der Waals surface area contributed by atoms with Crippen molar-refractivity contribution in [1.82, 2.24) is 9.88 Å². The molecule has 1 amide bonds. The van der Waals surface area contributed by atoms with Crippen LogP contribution in [0.3, 0.4) is 0 Å². The zero-order chi connectivity index (χ0) is 19.4. The molecule has 5 nitrogen and oxygen atoms in total. The first-order valence-electron chi connectivity index (χ1n) is 9.62. The number of likely N-dealkylation sites (tertiary alicyclic amines) is 1. The average molecular weight is 367 g/mol. The summed E-state index contributed by atoms with van der Waals surface area (Å²) in [6, 6.07) is 12.0. The number of amides is 1. The van der Waals surface area contributed by atoms with E-state index in [9.17, 15) is 4.79 Å². The second-order valence-corrected chi connectivity index (χ2v) is 7.70. The van der Waals surface area contributed by atoms with E-state index in [1.54, 1.807) is 7.11 Å². The van der Waals surface area contributed by atoms with Gasteiger partial charge in [-0.1, -0.05) is 13.8 Å². The van der Waals surface area contributed by atoms with Crippen LogP contribution in [0.5, 0.6) is 5.75 Å². The van der Waals surface area contributed by atoms with Crippen molar-refractivity contribution in [2.45, 2.75) is 39.5 Å². The van der Waals surface area contributed by atoms with Crippen LogP contribution >= 0.6 is 0 Å². The van der Waals surface area contributed by atoms with Gasteiger partial charge in [0.2, 0.25) is 5.91 Å². The lowest BCUT2D eigenvalue weighted by atomic mass is 10.0. The molecule has 3 rings (SSSR count). The van der Waals surface area contributed by atoms with Crippen LogP contribution in [0, 0.1) is 12.8 Å². The maximum absolute atomic E-state index is 12.3. The van der Waals surface area contributed by atoms with Gasteiger partial charge in [-0.15, -0.1) is 0 Å². The molecule has 1 fully saturated rings. The topological polar surface area (TPSA) is 54.5 Å². The summed E-state index contributed by atoms with van der Waals surface area (Å²) < 4.78 is 5.21. The van der Waals surface area contributed by atoms with Crippen LogP contribution in [-0.2, 0) is 4.79 Å². The van der Waals surface area contributed by atoms with E-state index >= 15 is 0 Å². The zero-order valence-electron chi connectivity index (χ0n) is 16.7. The summed E-state index contributed by atoms with van der Waals surface area (Å²) in [5.41, 5.74) is 4.07. The molecule has 144 valence electrons. The minimum absolute atomic E-state index is 0.261. The molecule has 1 aromatic carbocycles. The lowest BCUT2D eigenvalue weighted by Crippen LogP contribution is -2.29. The number of aryl methyl sites for hydroxylation is 1. The number of ether oxygens (including phenoxy) is 1. The van der Waals surface area contributed by atoms with Gasteiger partial charge >= 0.3 is 0 Å². The van der Waals surface area contributed by atoms with Gasteiger partial charge in [0.25, 0.3) is 0 Å². The van der Waals surface area contributed by atoms with Crippen molar-refractivity contribution in [2.75, 3.05) is 25.5 Å². The van der Waals surface area contributed by atoms with E-state index in [1.165, 1.54) is 0 Å². The number of methoxy groups -OCH3 is 1. The maximum Gasteiger partial charge on any atom is 0.222 e. The van der Waals surface area contributed by atoms with E-state index in [4.69, 9.17) is 9.72 Å². The SMILES string of the molecule is COc1ccc(Nc2cc(C)nc([C@@H]3CCN(C(=O)CC(C)C)C3)c2)cc1. The lowest BCUT2D eigenvalue weighted by Gasteiger charge is -2.18. The number of anilines is 2. The zero-order valence-corrected chi connectivity index (χ0v) is 16.7. The normalized spacial score (nSPS) is 16.6. The standard InChI is InChI=1S/C22H29N3O2/c1-15(2)11-22(26)25-10-9-17(14-25)21-13-19(12-16(3)23-21)24-18-5-7-20(27-4)8-6-18/h5-8,12-13,15,17H,9-11,14H2,1-4H3,(H,23,24)/t17-/m1/s1. The van der Waals surface area contributed by atoms with E-state index in [2.05, 4.69) is 25.2 Å². The summed E-state index contributed by atoms with van der Waals surface area (Å²) in [5.74, 6) is 1.80. The van der Waals surface area contributed by atoms with Crippen molar-refractivity contribution in [1.29, 1.82) is 0 Å². The van der Waals surface area contributed by atoms with Crippen LogP contribution in [0.4, 0.5) is 11.4 Å². The quantitative estimate of drug-likeness (QED) is 0.816. The number of benzene rings is 1. The molecule has 0 radical (unpaired) electrons. The summed E-state index contributed by atoms with van der Waals surface area (Å²) in [7, 11) is 1.66. The van der Waals surface area contributed by atoms with Gasteiger partial charge in [-0.25, -0.2) is 0 Å². The highest BCUT2D eigenvalue weighted by atomic mass is 16.5. The number of aromatic nitrogens is 1. The average Bonchev–Trinajstić information content (AvgIpc) is 3.12. The molecular weight excluding hydrogens is 338 g/mol. The highest BCUT2D eigenvalue weighted by Gasteiger charge is 2.28. The van der Waals surface area contributed by atoms with Gasteiger partial charge in [-0.05, 0) is 55.7 Å². The van der Waals surface area contributed by atoms with Crippen molar-refractivity contribution in [3.63, 3.8) is 0 Å². The van der Waals surface area contributed by atoms with Crippen LogP contribution in [0.1, 0.15) is 44.0 Å². The van der Waals surface area contributed by atoms with Gasteiger partial charge in [0.1, 0.15) is 5.75 Å². The van der Waals surface area contributed by atoms with Crippen molar-refractivity contribution in [3.05, 3.63) is 47.8 Å². The highest BCUT2D eigenvalue weighted by Crippen LogP contribution is 2.30. The number of pyridine rings is 1. The molecule has 1 N–H and O–H groups in total. The molecule has 2 aromatic rings. The van der Waals surface area contributed by atoms with Crippen molar-refractivity contribution in [3.8, 4) is 5.75 Å². The molecule has 0 spiro atoms. The molecule has 5 heteroatoms. The number of hydrogen-bond acceptors (Lipinski definition) is 4. The summed E-state index contributed by atoms with van der Waals surface area (Å²) in [4.78, 5) is 19.1. The van der Waals surface area contributed by atoms with Crippen LogP contribution in [0.15, 0.2) is 36.4 Å². The molecule has 1 aromatic heterocycles. The molecular formula is C22H29N3O2. The molecule has 1 atom stereocenters. The van der Waals surface area contributed by atoms with E-state index in [1.807, 2.05) is 42.2 Å². The van der Waals surface area contributed by atoms with Gasteiger partial charge in [0.15, 0.2) is 0 Å². The Morgan fingerprint density at radius 3 is 2.67 bits per heavy atom. The van der Waals surface area contributed by atoms with Gasteiger partial charge in [-0.3, -0.25) is 9.78 Å². The Morgan fingerprint density at radius 1 is 1.26 bits per heavy atom. The van der Waals surface area contributed by atoms with Gasteiger partial charge < -0.3 is 15.0 Å². The predicted molar refractivity (Wildman–Crippen MR) is 109 cm³/mol. The molecule has 27 heavy (non-hydrogen) atoms. The molecule has 1 saturated heterocycles. The van der Waals surface area contributed by atoms with Gasteiger partial charge in [0.05, 0.1) is 7.11 Å². The van der Waals surface area contributed by atoms with E-state index < -0.39 is 0 Å². The molecule has 1 aliphatic rings. The van der Waals surface area contributed by atoms with Crippen molar-refractivity contribution in [2.24, 2.45) is 5.92 Å². The molecule has 0 saturated carbocycles. The summed E-state index contributed by atoms with van der Waals surface area (Å²) in [6.07, 6.45) is 1.60. The Morgan fingerprint density at radius 2 is 2.00 bits per heavy atom.